The lowest BCUT2D eigenvalue weighted by Gasteiger charge is -2.30. The first-order chi connectivity index (χ1) is 13.0. The molecule has 0 spiro atoms. The van der Waals surface area contributed by atoms with Crippen LogP contribution in [0.5, 0.6) is 0 Å². The predicted octanol–water partition coefficient (Wildman–Crippen LogP) is 0.936. The highest BCUT2D eigenvalue weighted by atomic mass is 16.2. The number of piperidine rings is 1. The van der Waals surface area contributed by atoms with Crippen molar-refractivity contribution in [1.82, 2.24) is 19.4 Å². The van der Waals surface area contributed by atoms with Crippen LogP contribution in [0, 0.1) is 0 Å². The molecule has 8 heteroatoms. The first kappa shape index (κ1) is 17.9. The molecule has 4 rings (SSSR count). The van der Waals surface area contributed by atoms with Gasteiger partial charge in [0.2, 0.25) is 0 Å². The maximum atomic E-state index is 13.2. The molecular weight excluding hydrogens is 346 g/mol. The highest BCUT2D eigenvalue weighted by Gasteiger charge is 2.30. The molecule has 3 heterocycles. The van der Waals surface area contributed by atoms with Gasteiger partial charge in [-0.2, -0.15) is 0 Å². The van der Waals surface area contributed by atoms with Crippen molar-refractivity contribution in [3.05, 3.63) is 38.2 Å². The normalized spacial score (nSPS) is 18.2. The molecule has 3 N–H and O–H groups in total. The quantitative estimate of drug-likeness (QED) is 0.830. The van der Waals surface area contributed by atoms with Crippen LogP contribution in [0.3, 0.4) is 0 Å². The average molecular weight is 371 g/mol. The molecule has 0 aromatic carbocycles. The summed E-state index contributed by atoms with van der Waals surface area (Å²) >= 11 is 0. The third-order valence-electron chi connectivity index (χ3n) is 5.47. The third-order valence-corrected chi connectivity index (χ3v) is 5.47. The van der Waals surface area contributed by atoms with Gasteiger partial charge in [-0.3, -0.25) is 19.1 Å². The second-order valence-corrected chi connectivity index (χ2v) is 7.61. The minimum atomic E-state index is -0.547. The molecule has 0 unspecified atom stereocenters. The van der Waals surface area contributed by atoms with Crippen molar-refractivity contribution < 1.29 is 4.79 Å². The van der Waals surface area contributed by atoms with E-state index in [9.17, 15) is 14.4 Å². The summed E-state index contributed by atoms with van der Waals surface area (Å²) in [7, 11) is 0. The summed E-state index contributed by atoms with van der Waals surface area (Å²) in [4.78, 5) is 46.9. The van der Waals surface area contributed by atoms with Crippen molar-refractivity contribution in [3.8, 4) is 0 Å². The number of nitrogens with two attached hydrogens (primary N) is 1. The number of hydrogen-bond donors (Lipinski definition) is 2. The number of aromatic nitrogens is 3. The molecule has 144 valence electrons. The molecule has 8 nitrogen and oxygen atoms in total. The van der Waals surface area contributed by atoms with Crippen LogP contribution >= 0.6 is 0 Å². The summed E-state index contributed by atoms with van der Waals surface area (Å²) in [6.07, 6.45) is 4.27. The standard InChI is InChI=1S/C19H25N5O3/c1-2-7-24-16-15(17(25)22-19(24)27)13(10-14(21-16)11-3-4-11)18(26)23-8-5-12(20)6-9-23/h10-12H,2-9,20H2,1H3,(H,22,25,27). The fourth-order valence-electron chi connectivity index (χ4n) is 3.75. The second kappa shape index (κ2) is 6.92. The van der Waals surface area contributed by atoms with Crippen molar-refractivity contribution >= 4 is 16.9 Å². The van der Waals surface area contributed by atoms with Crippen LogP contribution in [0.1, 0.15) is 61.0 Å². The Bertz CT molecular complexity index is 997. The van der Waals surface area contributed by atoms with Crippen molar-refractivity contribution in [1.29, 1.82) is 0 Å². The number of hydrogen-bond acceptors (Lipinski definition) is 5. The summed E-state index contributed by atoms with van der Waals surface area (Å²) in [6.45, 7) is 3.56. The van der Waals surface area contributed by atoms with E-state index in [1.807, 2.05) is 6.92 Å². The van der Waals surface area contributed by atoms with Crippen LogP contribution < -0.4 is 17.0 Å². The minimum Gasteiger partial charge on any atom is -0.339 e. The number of nitrogens with zero attached hydrogens (tertiary/aromatic N) is 3. The number of pyridine rings is 1. The van der Waals surface area contributed by atoms with Gasteiger partial charge in [-0.25, -0.2) is 9.78 Å². The van der Waals surface area contributed by atoms with Crippen LogP contribution in [-0.2, 0) is 6.54 Å². The summed E-state index contributed by atoms with van der Waals surface area (Å²) < 4.78 is 1.48. The fourth-order valence-corrected chi connectivity index (χ4v) is 3.75. The molecule has 1 aliphatic heterocycles. The maximum absolute atomic E-state index is 13.2. The predicted molar refractivity (Wildman–Crippen MR) is 102 cm³/mol. The number of carbonyl (C=O) groups is 1. The first-order valence-electron chi connectivity index (χ1n) is 9.72. The molecule has 2 fully saturated rings. The van der Waals surface area contributed by atoms with Gasteiger partial charge in [0.05, 0.1) is 10.9 Å². The van der Waals surface area contributed by atoms with Gasteiger partial charge in [0.1, 0.15) is 0 Å². The number of nitrogens with one attached hydrogen (secondary N) is 1. The topological polar surface area (TPSA) is 114 Å². The number of amides is 1. The molecule has 0 atom stereocenters. The Balaban J connectivity index is 1.90. The third kappa shape index (κ3) is 3.29. The SMILES string of the molecule is CCCn1c(=O)[nH]c(=O)c2c(C(=O)N3CCC(N)CC3)cc(C3CC3)nc21. The molecule has 27 heavy (non-hydrogen) atoms. The zero-order valence-corrected chi connectivity index (χ0v) is 15.5. The molecule has 2 aromatic rings. The Morgan fingerprint density at radius 1 is 1.26 bits per heavy atom. The maximum Gasteiger partial charge on any atom is 0.329 e. The van der Waals surface area contributed by atoms with Crippen LogP contribution in [0.2, 0.25) is 0 Å². The summed E-state index contributed by atoms with van der Waals surface area (Å²) in [5, 5.41) is 0.215. The van der Waals surface area contributed by atoms with Gasteiger partial charge >= 0.3 is 5.69 Å². The number of fused-ring (bicyclic) bond motifs is 1. The molecule has 2 aliphatic rings. The van der Waals surface area contributed by atoms with Gasteiger partial charge in [0.15, 0.2) is 5.65 Å². The Morgan fingerprint density at radius 3 is 2.59 bits per heavy atom. The van der Waals surface area contributed by atoms with Crippen molar-refractivity contribution in [2.45, 2.75) is 57.5 Å². The molecule has 0 bridgehead atoms. The lowest BCUT2D eigenvalue weighted by Crippen LogP contribution is -2.43. The Labute approximate surface area is 156 Å². The Morgan fingerprint density at radius 2 is 1.96 bits per heavy atom. The van der Waals surface area contributed by atoms with Crippen LogP contribution in [-0.4, -0.2) is 44.5 Å². The lowest BCUT2D eigenvalue weighted by molar-refractivity contribution is 0.0716. The fraction of sp³-hybridized carbons (Fsp3) is 0.579. The van der Waals surface area contributed by atoms with Crippen LogP contribution in [0.4, 0.5) is 0 Å². The van der Waals surface area contributed by atoms with Gasteiger partial charge in [0.25, 0.3) is 11.5 Å². The molecule has 0 radical (unpaired) electrons. The van der Waals surface area contributed by atoms with E-state index in [0.717, 1.165) is 37.8 Å². The monoisotopic (exact) mass is 371 g/mol. The minimum absolute atomic E-state index is 0.114. The van der Waals surface area contributed by atoms with Crippen molar-refractivity contribution in [2.75, 3.05) is 13.1 Å². The van der Waals surface area contributed by atoms with Crippen LogP contribution in [0.15, 0.2) is 15.7 Å². The number of carbonyl (C=O) groups excluding carboxylic acids is 1. The van der Waals surface area contributed by atoms with E-state index < -0.39 is 11.2 Å². The largest absolute Gasteiger partial charge is 0.339 e. The highest BCUT2D eigenvalue weighted by Crippen LogP contribution is 2.40. The number of likely N-dealkylation sites (tertiary alicyclic amines) is 1. The zero-order chi connectivity index (χ0) is 19.1. The van der Waals surface area contributed by atoms with Gasteiger partial charge in [0, 0.05) is 37.3 Å². The molecule has 1 saturated carbocycles. The van der Waals surface area contributed by atoms with E-state index in [1.165, 1.54) is 4.57 Å². The molecule has 1 saturated heterocycles. The van der Waals surface area contributed by atoms with Crippen molar-refractivity contribution in [2.24, 2.45) is 5.73 Å². The average Bonchev–Trinajstić information content (AvgIpc) is 3.49. The van der Waals surface area contributed by atoms with E-state index in [-0.39, 0.29) is 17.3 Å². The Kier molecular flexibility index (Phi) is 4.59. The second-order valence-electron chi connectivity index (χ2n) is 7.61. The summed E-state index contributed by atoms with van der Waals surface area (Å²) in [5.74, 6) is 0.128. The highest BCUT2D eigenvalue weighted by molar-refractivity contribution is 6.05. The molecule has 1 amide bonds. The van der Waals surface area contributed by atoms with Gasteiger partial charge in [-0.15, -0.1) is 0 Å². The lowest BCUT2D eigenvalue weighted by atomic mass is 10.0. The Hall–Kier alpha value is -2.48. The number of H-pyrrole nitrogens is 1. The number of rotatable bonds is 4. The summed E-state index contributed by atoms with van der Waals surface area (Å²) in [5.41, 5.74) is 6.41. The van der Waals surface area contributed by atoms with Gasteiger partial charge in [-0.05, 0) is 38.2 Å². The van der Waals surface area contributed by atoms with Crippen LogP contribution in [0.25, 0.3) is 11.0 Å². The van der Waals surface area contributed by atoms with Gasteiger partial charge in [-0.1, -0.05) is 6.92 Å². The van der Waals surface area contributed by atoms with Gasteiger partial charge < -0.3 is 10.6 Å². The number of aromatic amines is 1. The van der Waals surface area contributed by atoms with Crippen molar-refractivity contribution in [3.63, 3.8) is 0 Å². The molecule has 1 aliphatic carbocycles. The van der Waals surface area contributed by atoms with E-state index in [0.29, 0.717) is 36.8 Å². The van der Waals surface area contributed by atoms with E-state index in [1.54, 1.807) is 11.0 Å². The zero-order valence-electron chi connectivity index (χ0n) is 15.5. The molecule has 2 aromatic heterocycles. The summed E-state index contributed by atoms with van der Waals surface area (Å²) in [6, 6.07) is 1.87. The smallest absolute Gasteiger partial charge is 0.329 e. The number of aryl methyl sites for hydroxylation is 1. The van der Waals surface area contributed by atoms with E-state index in [2.05, 4.69) is 9.97 Å². The van der Waals surface area contributed by atoms with E-state index in [4.69, 9.17) is 5.73 Å². The van der Waals surface area contributed by atoms with E-state index >= 15 is 0 Å². The molecular formula is C19H25N5O3. The first-order valence-corrected chi connectivity index (χ1v) is 9.72.